The van der Waals surface area contributed by atoms with Crippen LogP contribution < -0.4 is 0 Å². The Bertz CT molecular complexity index is 204. The van der Waals surface area contributed by atoms with E-state index in [9.17, 15) is 9.59 Å². The van der Waals surface area contributed by atoms with Crippen LogP contribution in [-0.4, -0.2) is 46.6 Å². The Hall–Kier alpha value is -1.30. The average Bonchev–Trinajstić information content (AvgIpc) is 2.34. The van der Waals surface area contributed by atoms with E-state index in [1.807, 2.05) is 0 Å². The van der Waals surface area contributed by atoms with Crippen LogP contribution in [0.4, 0.5) is 4.79 Å². The van der Waals surface area contributed by atoms with Crippen molar-refractivity contribution in [3.05, 3.63) is 0 Å². The van der Waals surface area contributed by atoms with Gasteiger partial charge in [-0.25, -0.2) is 9.59 Å². The molecule has 1 aliphatic rings. The van der Waals surface area contributed by atoms with Crippen molar-refractivity contribution in [2.75, 3.05) is 13.3 Å². The van der Waals surface area contributed by atoms with Gasteiger partial charge in [-0.15, -0.1) is 0 Å². The summed E-state index contributed by atoms with van der Waals surface area (Å²) in [5, 5.41) is 17.1. The summed E-state index contributed by atoms with van der Waals surface area (Å²) in [5.74, 6) is -0.591. The van der Waals surface area contributed by atoms with Gasteiger partial charge in [0.25, 0.3) is 0 Å². The second kappa shape index (κ2) is 3.40. The molecule has 2 N–H and O–H groups in total. The van der Waals surface area contributed by atoms with Gasteiger partial charge < -0.3 is 14.9 Å². The quantitative estimate of drug-likeness (QED) is 0.538. The molecule has 0 bridgehead atoms. The second-order valence-corrected chi connectivity index (χ2v) is 2.37. The van der Waals surface area contributed by atoms with Gasteiger partial charge in [-0.05, 0) is 0 Å². The fourth-order valence-electron chi connectivity index (χ4n) is 1.03. The van der Waals surface area contributed by atoms with Crippen LogP contribution in [0.1, 0.15) is 6.42 Å². The number of amides is 1. The third kappa shape index (κ3) is 1.48. The highest BCUT2D eigenvalue weighted by molar-refractivity contribution is 5.83. The maximum Gasteiger partial charge on any atom is 0.410 e. The number of hydrogen-bond acceptors (Lipinski definition) is 4. The molecule has 12 heavy (non-hydrogen) atoms. The van der Waals surface area contributed by atoms with Crippen molar-refractivity contribution in [2.24, 2.45) is 0 Å². The minimum Gasteiger partial charge on any atom is -0.465 e. The first kappa shape index (κ1) is 8.79. The first-order valence-electron chi connectivity index (χ1n) is 3.44. The van der Waals surface area contributed by atoms with Crippen molar-refractivity contribution < 1.29 is 24.5 Å². The Kier molecular flexibility index (Phi) is 2.49. The first-order chi connectivity index (χ1) is 5.66. The fourth-order valence-corrected chi connectivity index (χ4v) is 1.03. The molecule has 68 valence electrons. The van der Waals surface area contributed by atoms with Crippen LogP contribution in [0.25, 0.3) is 0 Å². The van der Waals surface area contributed by atoms with Crippen LogP contribution >= 0.6 is 0 Å². The van der Waals surface area contributed by atoms with E-state index in [0.29, 0.717) is 0 Å². The lowest BCUT2D eigenvalue weighted by molar-refractivity contribution is -0.139. The van der Waals surface area contributed by atoms with Crippen LogP contribution in [0.15, 0.2) is 0 Å². The summed E-state index contributed by atoms with van der Waals surface area (Å²) in [7, 11) is 0. The van der Waals surface area contributed by atoms with E-state index in [2.05, 4.69) is 4.74 Å². The zero-order chi connectivity index (χ0) is 9.14. The Labute approximate surface area is 68.3 Å². The molecule has 0 saturated carbocycles. The van der Waals surface area contributed by atoms with E-state index in [1.165, 1.54) is 0 Å². The van der Waals surface area contributed by atoms with Crippen LogP contribution in [0.2, 0.25) is 0 Å². The highest BCUT2D eigenvalue weighted by Gasteiger charge is 2.37. The lowest BCUT2D eigenvalue weighted by Gasteiger charge is -2.14. The van der Waals surface area contributed by atoms with E-state index < -0.39 is 18.1 Å². The van der Waals surface area contributed by atoms with Gasteiger partial charge in [-0.3, -0.25) is 4.90 Å². The standard InChI is InChI=1S/C6H9NO5/c8-2-1-4-5(9)12-3-7(4)6(10)11/h4,8H,1-3H2,(H,10,11). The number of rotatable bonds is 2. The smallest absolute Gasteiger partial charge is 0.410 e. The third-order valence-electron chi connectivity index (χ3n) is 1.64. The van der Waals surface area contributed by atoms with Gasteiger partial charge in [0, 0.05) is 13.0 Å². The van der Waals surface area contributed by atoms with Gasteiger partial charge in [-0.2, -0.15) is 0 Å². The molecule has 1 saturated heterocycles. The number of carbonyl (C=O) groups excluding carboxylic acids is 1. The summed E-state index contributed by atoms with van der Waals surface area (Å²) in [6.07, 6.45) is -1.12. The minimum atomic E-state index is -1.21. The highest BCUT2D eigenvalue weighted by Crippen LogP contribution is 2.13. The molecule has 1 unspecified atom stereocenters. The number of esters is 1. The predicted octanol–water partition coefficient (Wildman–Crippen LogP) is -0.768. The Morgan fingerprint density at radius 2 is 2.42 bits per heavy atom. The number of ether oxygens (including phenoxy) is 1. The van der Waals surface area contributed by atoms with E-state index in [4.69, 9.17) is 10.2 Å². The Balaban J connectivity index is 2.63. The zero-order valence-electron chi connectivity index (χ0n) is 6.27. The highest BCUT2D eigenvalue weighted by atomic mass is 16.6. The van der Waals surface area contributed by atoms with Crippen molar-refractivity contribution in [1.29, 1.82) is 0 Å². The topological polar surface area (TPSA) is 87.1 Å². The van der Waals surface area contributed by atoms with Crippen molar-refractivity contribution in [3.8, 4) is 0 Å². The molecule has 0 radical (unpaired) electrons. The average molecular weight is 175 g/mol. The molecule has 0 spiro atoms. The molecular formula is C6H9NO5. The Morgan fingerprint density at radius 3 is 2.92 bits per heavy atom. The molecule has 1 fully saturated rings. The monoisotopic (exact) mass is 175 g/mol. The predicted molar refractivity (Wildman–Crippen MR) is 36.3 cm³/mol. The number of aliphatic hydroxyl groups excluding tert-OH is 1. The number of aliphatic hydroxyl groups is 1. The normalized spacial score (nSPS) is 22.6. The zero-order valence-corrected chi connectivity index (χ0v) is 6.27. The maximum atomic E-state index is 10.8. The molecule has 0 aromatic rings. The van der Waals surface area contributed by atoms with Crippen LogP contribution in [0.5, 0.6) is 0 Å². The van der Waals surface area contributed by atoms with Crippen molar-refractivity contribution in [3.63, 3.8) is 0 Å². The molecule has 1 aliphatic heterocycles. The van der Waals surface area contributed by atoms with E-state index >= 15 is 0 Å². The van der Waals surface area contributed by atoms with Gasteiger partial charge in [0.2, 0.25) is 0 Å². The van der Waals surface area contributed by atoms with Crippen LogP contribution in [0, 0.1) is 0 Å². The molecule has 1 atom stereocenters. The van der Waals surface area contributed by atoms with Crippen LogP contribution in [0.3, 0.4) is 0 Å². The summed E-state index contributed by atoms with van der Waals surface area (Å²) in [6, 6.07) is -0.840. The second-order valence-electron chi connectivity index (χ2n) is 2.37. The number of carboxylic acid groups (broad SMARTS) is 1. The van der Waals surface area contributed by atoms with E-state index in [-0.39, 0.29) is 19.8 Å². The number of cyclic esters (lactones) is 1. The van der Waals surface area contributed by atoms with Crippen molar-refractivity contribution in [2.45, 2.75) is 12.5 Å². The van der Waals surface area contributed by atoms with Gasteiger partial charge in [0.05, 0.1) is 0 Å². The molecule has 0 aromatic carbocycles. The first-order valence-corrected chi connectivity index (χ1v) is 3.44. The summed E-state index contributed by atoms with van der Waals surface area (Å²) in [4.78, 5) is 22.1. The molecule has 0 aliphatic carbocycles. The molecular weight excluding hydrogens is 166 g/mol. The van der Waals surface area contributed by atoms with E-state index in [1.54, 1.807) is 0 Å². The Morgan fingerprint density at radius 1 is 1.75 bits per heavy atom. The lowest BCUT2D eigenvalue weighted by atomic mass is 10.2. The summed E-state index contributed by atoms with van der Waals surface area (Å²) < 4.78 is 4.49. The van der Waals surface area contributed by atoms with Crippen molar-refractivity contribution >= 4 is 12.1 Å². The molecule has 1 amide bonds. The van der Waals surface area contributed by atoms with Crippen molar-refractivity contribution in [1.82, 2.24) is 4.90 Å². The van der Waals surface area contributed by atoms with Gasteiger partial charge in [0.15, 0.2) is 6.73 Å². The summed E-state index contributed by atoms with van der Waals surface area (Å²) in [5.41, 5.74) is 0. The van der Waals surface area contributed by atoms with Gasteiger partial charge >= 0.3 is 12.1 Å². The minimum absolute atomic E-state index is 0.0884. The summed E-state index contributed by atoms with van der Waals surface area (Å²) in [6.45, 7) is -0.470. The van der Waals surface area contributed by atoms with Gasteiger partial charge in [-0.1, -0.05) is 0 Å². The summed E-state index contributed by atoms with van der Waals surface area (Å²) >= 11 is 0. The SMILES string of the molecule is O=C1OCN(C(=O)O)C1CCO. The van der Waals surface area contributed by atoms with Gasteiger partial charge in [0.1, 0.15) is 6.04 Å². The largest absolute Gasteiger partial charge is 0.465 e. The number of carbonyl (C=O) groups is 2. The molecule has 1 heterocycles. The number of hydrogen-bond donors (Lipinski definition) is 2. The molecule has 1 rings (SSSR count). The lowest BCUT2D eigenvalue weighted by Crippen LogP contribution is -2.37. The van der Waals surface area contributed by atoms with E-state index in [0.717, 1.165) is 4.90 Å². The number of nitrogens with zero attached hydrogens (tertiary/aromatic N) is 1. The maximum absolute atomic E-state index is 10.8. The molecule has 6 nitrogen and oxygen atoms in total. The van der Waals surface area contributed by atoms with Crippen LogP contribution in [-0.2, 0) is 9.53 Å². The fraction of sp³-hybridized carbons (Fsp3) is 0.667. The third-order valence-corrected chi connectivity index (χ3v) is 1.64. The molecule has 0 aromatic heterocycles. The molecule has 6 heteroatoms.